The lowest BCUT2D eigenvalue weighted by atomic mass is 10.2. The first-order chi connectivity index (χ1) is 8.83. The van der Waals surface area contributed by atoms with Crippen LogP contribution in [0.5, 0.6) is 0 Å². The highest BCUT2D eigenvalue weighted by Gasteiger charge is 2.17. The molecular formula is C14H11N3O. The highest BCUT2D eigenvalue weighted by Crippen LogP contribution is 2.23. The highest BCUT2D eigenvalue weighted by atomic mass is 16.2. The molecule has 0 bridgehead atoms. The molecular weight excluding hydrogens is 226 g/mol. The fourth-order valence-electron chi connectivity index (χ4n) is 1.73. The van der Waals surface area contributed by atoms with Crippen LogP contribution in [0.2, 0.25) is 0 Å². The van der Waals surface area contributed by atoms with Gasteiger partial charge >= 0.3 is 0 Å². The minimum absolute atomic E-state index is 0.0184. The Morgan fingerprint density at radius 2 is 1.61 bits per heavy atom. The number of nitrogens with zero attached hydrogens (tertiary/aromatic N) is 2. The van der Waals surface area contributed by atoms with Crippen LogP contribution in [0.1, 0.15) is 0 Å². The summed E-state index contributed by atoms with van der Waals surface area (Å²) in [6, 6.07) is 11.5. The maximum atomic E-state index is 11.2. The average Bonchev–Trinajstić information content (AvgIpc) is 2.40. The molecule has 1 aliphatic rings. The summed E-state index contributed by atoms with van der Waals surface area (Å²) in [6.45, 7) is 0. The number of benzene rings is 1. The first-order valence-electron chi connectivity index (χ1n) is 5.61. The van der Waals surface area contributed by atoms with Gasteiger partial charge in [0.15, 0.2) is 0 Å². The molecule has 2 heterocycles. The molecule has 0 radical (unpaired) electrons. The molecule has 1 aromatic carbocycles. The van der Waals surface area contributed by atoms with Crippen LogP contribution in [0.4, 0.5) is 17.1 Å². The van der Waals surface area contributed by atoms with Crippen molar-refractivity contribution in [2.24, 2.45) is 0 Å². The van der Waals surface area contributed by atoms with Gasteiger partial charge in [0.2, 0.25) is 0 Å². The zero-order valence-electron chi connectivity index (χ0n) is 9.58. The first kappa shape index (κ1) is 10.5. The topological polar surface area (TPSA) is 45.2 Å². The van der Waals surface area contributed by atoms with Crippen molar-refractivity contribution in [2.75, 3.05) is 10.2 Å². The molecule has 0 saturated carbocycles. The summed E-state index contributed by atoms with van der Waals surface area (Å²) in [7, 11) is 0. The van der Waals surface area contributed by atoms with Gasteiger partial charge in [0.1, 0.15) is 0 Å². The van der Waals surface area contributed by atoms with Crippen LogP contribution in [0.3, 0.4) is 0 Å². The van der Waals surface area contributed by atoms with Gasteiger partial charge in [-0.25, -0.2) is 0 Å². The Bertz CT molecular complexity index is 590. The monoisotopic (exact) mass is 237 g/mol. The third kappa shape index (κ3) is 1.96. The number of hydrogen-bond donors (Lipinski definition) is 1. The number of anilines is 3. The minimum atomic E-state index is 0.0184. The number of rotatable bonds is 3. The standard InChI is InChI=1S/C14H11N3O/c18-14-7-10-17(14)13-3-1-11(2-4-13)16-12-5-8-15-9-6-12/h1-10H,(H,15,16). The number of aromatic nitrogens is 1. The lowest BCUT2D eigenvalue weighted by Crippen LogP contribution is -2.30. The van der Waals surface area contributed by atoms with Gasteiger partial charge in [-0.15, -0.1) is 0 Å². The second kappa shape index (κ2) is 4.33. The fraction of sp³-hybridized carbons (Fsp3) is 0. The van der Waals surface area contributed by atoms with E-state index in [4.69, 9.17) is 0 Å². The largest absolute Gasteiger partial charge is 0.355 e. The molecule has 0 spiro atoms. The number of amides is 1. The predicted molar refractivity (Wildman–Crippen MR) is 70.6 cm³/mol. The van der Waals surface area contributed by atoms with Crippen LogP contribution in [-0.4, -0.2) is 10.9 Å². The van der Waals surface area contributed by atoms with E-state index in [1.54, 1.807) is 29.6 Å². The molecule has 18 heavy (non-hydrogen) atoms. The molecule has 1 N–H and O–H groups in total. The number of carbonyl (C=O) groups is 1. The van der Waals surface area contributed by atoms with Crippen LogP contribution < -0.4 is 10.2 Å². The van der Waals surface area contributed by atoms with Gasteiger partial charge in [0.25, 0.3) is 5.91 Å². The smallest absolute Gasteiger partial charge is 0.256 e. The molecule has 1 aromatic heterocycles. The Hall–Kier alpha value is -2.62. The van der Waals surface area contributed by atoms with Gasteiger partial charge in [0.05, 0.1) is 0 Å². The van der Waals surface area contributed by atoms with Gasteiger partial charge in [-0.05, 0) is 36.4 Å². The van der Waals surface area contributed by atoms with Crippen molar-refractivity contribution in [2.45, 2.75) is 0 Å². The lowest BCUT2D eigenvalue weighted by Gasteiger charge is -2.23. The molecule has 0 aliphatic carbocycles. The van der Waals surface area contributed by atoms with Gasteiger partial charge in [-0.2, -0.15) is 0 Å². The van der Waals surface area contributed by atoms with Gasteiger partial charge in [-0.3, -0.25) is 14.7 Å². The summed E-state index contributed by atoms with van der Waals surface area (Å²) in [5.41, 5.74) is 2.84. The molecule has 88 valence electrons. The summed E-state index contributed by atoms with van der Waals surface area (Å²) in [5, 5.41) is 3.26. The molecule has 2 aromatic rings. The van der Waals surface area contributed by atoms with E-state index in [2.05, 4.69) is 10.3 Å². The summed E-state index contributed by atoms with van der Waals surface area (Å²) in [4.78, 5) is 16.8. The van der Waals surface area contributed by atoms with E-state index >= 15 is 0 Å². The van der Waals surface area contributed by atoms with E-state index in [-0.39, 0.29) is 5.91 Å². The molecule has 4 nitrogen and oxygen atoms in total. The Morgan fingerprint density at radius 3 is 2.17 bits per heavy atom. The summed E-state index contributed by atoms with van der Waals surface area (Å²) >= 11 is 0. The van der Waals surface area contributed by atoms with E-state index in [0.29, 0.717) is 0 Å². The minimum Gasteiger partial charge on any atom is -0.355 e. The number of carbonyl (C=O) groups excluding carboxylic acids is 1. The molecule has 4 heteroatoms. The SMILES string of the molecule is O=C1C=CN1c1ccc(Nc2ccncc2)cc1. The van der Waals surface area contributed by atoms with Gasteiger partial charge in [0, 0.05) is 41.7 Å². The quantitative estimate of drug-likeness (QED) is 0.892. The molecule has 0 unspecified atom stereocenters. The number of pyridine rings is 1. The van der Waals surface area contributed by atoms with Crippen LogP contribution in [-0.2, 0) is 4.79 Å². The molecule has 1 aliphatic heterocycles. The van der Waals surface area contributed by atoms with Crippen LogP contribution >= 0.6 is 0 Å². The average molecular weight is 237 g/mol. The third-order valence-electron chi connectivity index (χ3n) is 2.72. The Kier molecular flexibility index (Phi) is 2.53. The van der Waals surface area contributed by atoms with Gasteiger partial charge < -0.3 is 5.32 Å². The Labute approximate surface area is 105 Å². The molecule has 3 rings (SSSR count). The van der Waals surface area contributed by atoms with Crippen molar-refractivity contribution in [1.82, 2.24) is 4.98 Å². The summed E-state index contributed by atoms with van der Waals surface area (Å²) in [5.74, 6) is 0.0184. The van der Waals surface area contributed by atoms with Crippen LogP contribution in [0, 0.1) is 0 Å². The van der Waals surface area contributed by atoms with E-state index < -0.39 is 0 Å². The van der Waals surface area contributed by atoms with E-state index in [1.165, 1.54) is 0 Å². The van der Waals surface area contributed by atoms with E-state index in [0.717, 1.165) is 17.1 Å². The third-order valence-corrected chi connectivity index (χ3v) is 2.72. The van der Waals surface area contributed by atoms with Crippen molar-refractivity contribution < 1.29 is 4.79 Å². The van der Waals surface area contributed by atoms with Crippen molar-refractivity contribution in [3.05, 3.63) is 61.1 Å². The Morgan fingerprint density at radius 1 is 0.944 bits per heavy atom. The predicted octanol–water partition coefficient (Wildman–Crippen LogP) is 2.69. The van der Waals surface area contributed by atoms with Crippen molar-refractivity contribution in [3.63, 3.8) is 0 Å². The maximum Gasteiger partial charge on any atom is 0.256 e. The zero-order valence-corrected chi connectivity index (χ0v) is 9.58. The zero-order chi connectivity index (χ0) is 12.4. The normalized spacial score (nSPS) is 13.3. The van der Waals surface area contributed by atoms with E-state index in [1.807, 2.05) is 36.4 Å². The van der Waals surface area contributed by atoms with Crippen molar-refractivity contribution in [3.8, 4) is 0 Å². The summed E-state index contributed by atoms with van der Waals surface area (Å²) < 4.78 is 0. The summed E-state index contributed by atoms with van der Waals surface area (Å²) in [6.07, 6.45) is 6.78. The van der Waals surface area contributed by atoms with Crippen molar-refractivity contribution >= 4 is 23.0 Å². The second-order valence-electron chi connectivity index (χ2n) is 3.93. The second-order valence-corrected chi connectivity index (χ2v) is 3.93. The molecule has 0 atom stereocenters. The molecule has 0 saturated heterocycles. The molecule has 0 fully saturated rings. The van der Waals surface area contributed by atoms with Crippen LogP contribution in [0.25, 0.3) is 0 Å². The fourth-order valence-corrected chi connectivity index (χ4v) is 1.73. The van der Waals surface area contributed by atoms with Crippen LogP contribution in [0.15, 0.2) is 61.1 Å². The number of nitrogens with one attached hydrogen (secondary N) is 1. The Balaban J connectivity index is 1.75. The highest BCUT2D eigenvalue weighted by molar-refractivity contribution is 6.09. The number of hydrogen-bond acceptors (Lipinski definition) is 3. The van der Waals surface area contributed by atoms with E-state index in [9.17, 15) is 4.79 Å². The van der Waals surface area contributed by atoms with Crippen molar-refractivity contribution in [1.29, 1.82) is 0 Å². The maximum absolute atomic E-state index is 11.2. The lowest BCUT2D eigenvalue weighted by molar-refractivity contribution is -0.114. The van der Waals surface area contributed by atoms with Gasteiger partial charge in [-0.1, -0.05) is 0 Å². The first-order valence-corrected chi connectivity index (χ1v) is 5.61. The molecule has 1 amide bonds.